The van der Waals surface area contributed by atoms with Crippen molar-refractivity contribution in [3.05, 3.63) is 87.5 Å². The maximum absolute atomic E-state index is 10.5. The second-order valence-electron chi connectivity index (χ2n) is 10.6. The van der Waals surface area contributed by atoms with Crippen molar-refractivity contribution < 1.29 is 4.74 Å². The Morgan fingerprint density at radius 3 is 2.38 bits per heavy atom. The number of nitriles is 2. The number of hydrogen-bond acceptors (Lipinski definition) is 7. The molecule has 0 saturated carbocycles. The highest BCUT2D eigenvalue weighted by atomic mass is 16.5. The predicted octanol–water partition coefficient (Wildman–Crippen LogP) is 5.67. The van der Waals surface area contributed by atoms with Crippen molar-refractivity contribution in [2.75, 3.05) is 42.5 Å². The van der Waals surface area contributed by atoms with Crippen LogP contribution in [-0.4, -0.2) is 37.7 Å². The van der Waals surface area contributed by atoms with Gasteiger partial charge in [-0.1, -0.05) is 36.4 Å². The Labute approximate surface area is 235 Å². The average Bonchev–Trinajstić information content (AvgIpc) is 2.99. The van der Waals surface area contributed by atoms with Gasteiger partial charge in [0.2, 0.25) is 5.88 Å². The second-order valence-corrected chi connectivity index (χ2v) is 10.6. The lowest BCUT2D eigenvalue weighted by molar-refractivity contribution is 0.450. The first-order chi connectivity index (χ1) is 19.5. The third-order valence-electron chi connectivity index (χ3n) is 8.22. The molecule has 6 rings (SSSR count). The number of fused-ring (bicyclic) bond motifs is 2. The van der Waals surface area contributed by atoms with Gasteiger partial charge in [0.1, 0.15) is 23.2 Å². The van der Waals surface area contributed by atoms with Crippen LogP contribution in [-0.2, 0) is 13.0 Å². The highest BCUT2D eigenvalue weighted by molar-refractivity contribution is 5.97. The van der Waals surface area contributed by atoms with Gasteiger partial charge in [-0.2, -0.15) is 15.5 Å². The molecule has 4 aromatic rings. The van der Waals surface area contributed by atoms with Gasteiger partial charge < -0.3 is 19.9 Å². The monoisotopic (exact) mass is 528 g/mol. The third kappa shape index (κ3) is 4.39. The first-order valence-corrected chi connectivity index (χ1v) is 13.8. The van der Waals surface area contributed by atoms with Crippen molar-refractivity contribution in [3.63, 3.8) is 0 Å². The molecule has 200 valence electrons. The van der Waals surface area contributed by atoms with Crippen LogP contribution < -0.4 is 19.9 Å². The first-order valence-electron chi connectivity index (χ1n) is 13.8. The number of aromatic nitrogens is 1. The van der Waals surface area contributed by atoms with Gasteiger partial charge in [-0.25, -0.2) is 0 Å². The molecule has 2 aliphatic rings. The van der Waals surface area contributed by atoms with Gasteiger partial charge in [-0.3, -0.25) is 0 Å². The van der Waals surface area contributed by atoms with Crippen LogP contribution in [0.3, 0.4) is 0 Å². The number of aryl methyl sites for hydroxylation is 2. The molecule has 0 atom stereocenters. The molecule has 0 amide bonds. The van der Waals surface area contributed by atoms with Crippen LogP contribution in [0.5, 0.6) is 11.6 Å². The van der Waals surface area contributed by atoms with Gasteiger partial charge in [0.05, 0.1) is 11.6 Å². The zero-order valence-electron chi connectivity index (χ0n) is 23.2. The minimum absolute atomic E-state index is 0.312. The molecule has 7 heteroatoms. The number of rotatable bonds is 4. The minimum atomic E-state index is 0.312. The number of piperazine rings is 1. The average molecular weight is 529 g/mol. The van der Waals surface area contributed by atoms with Crippen LogP contribution in [0.15, 0.2) is 48.5 Å². The van der Waals surface area contributed by atoms with E-state index in [1.165, 1.54) is 22.0 Å². The summed E-state index contributed by atoms with van der Waals surface area (Å²) in [5.74, 6) is 1.81. The van der Waals surface area contributed by atoms with Crippen LogP contribution in [0, 0.1) is 43.4 Å². The number of nitrogens with one attached hydrogen (secondary N) is 1. The first kappa shape index (κ1) is 25.7. The Bertz CT molecular complexity index is 1700. The largest absolute Gasteiger partial charge is 0.437 e. The van der Waals surface area contributed by atoms with Crippen molar-refractivity contribution in [3.8, 4) is 23.8 Å². The van der Waals surface area contributed by atoms with Crippen molar-refractivity contribution in [2.45, 2.75) is 33.7 Å². The topological polar surface area (TPSA) is 88.2 Å². The summed E-state index contributed by atoms with van der Waals surface area (Å²) >= 11 is 0. The number of anilines is 2. The highest BCUT2D eigenvalue weighted by Crippen LogP contribution is 2.40. The molecule has 1 N–H and O–H groups in total. The predicted molar refractivity (Wildman–Crippen MR) is 158 cm³/mol. The molecule has 1 fully saturated rings. The molecule has 0 spiro atoms. The fourth-order valence-corrected chi connectivity index (χ4v) is 6.09. The van der Waals surface area contributed by atoms with Gasteiger partial charge in [0.25, 0.3) is 0 Å². The molecule has 0 aliphatic carbocycles. The third-order valence-corrected chi connectivity index (χ3v) is 8.22. The Morgan fingerprint density at radius 2 is 1.62 bits per heavy atom. The van der Waals surface area contributed by atoms with E-state index in [0.29, 0.717) is 29.3 Å². The normalized spacial score (nSPS) is 14.9. The van der Waals surface area contributed by atoms with Crippen molar-refractivity contribution in [2.24, 2.45) is 0 Å². The van der Waals surface area contributed by atoms with Crippen LogP contribution in [0.25, 0.3) is 10.8 Å². The number of nitrogens with zero attached hydrogens (tertiary/aromatic N) is 5. The molecular formula is C33H32N6O. The van der Waals surface area contributed by atoms with E-state index in [1.54, 1.807) is 6.07 Å². The number of hydrogen-bond donors (Lipinski definition) is 1. The summed E-state index contributed by atoms with van der Waals surface area (Å²) in [7, 11) is 0. The fourth-order valence-electron chi connectivity index (χ4n) is 6.09. The summed E-state index contributed by atoms with van der Waals surface area (Å²) < 4.78 is 6.49. The number of pyridine rings is 1. The molecule has 3 aromatic carbocycles. The van der Waals surface area contributed by atoms with Crippen LogP contribution in [0.1, 0.15) is 38.9 Å². The van der Waals surface area contributed by atoms with E-state index >= 15 is 0 Å². The number of ether oxygens (including phenoxy) is 1. The van der Waals surface area contributed by atoms with E-state index in [2.05, 4.69) is 70.6 Å². The fraction of sp³-hybridized carbons (Fsp3) is 0.303. The molecule has 40 heavy (non-hydrogen) atoms. The van der Waals surface area contributed by atoms with Crippen molar-refractivity contribution >= 4 is 22.3 Å². The smallest absolute Gasteiger partial charge is 0.239 e. The van der Waals surface area contributed by atoms with Crippen LogP contribution >= 0.6 is 0 Å². The highest BCUT2D eigenvalue weighted by Gasteiger charge is 2.30. The van der Waals surface area contributed by atoms with Gasteiger partial charge in [0.15, 0.2) is 0 Å². The Kier molecular flexibility index (Phi) is 6.76. The summed E-state index contributed by atoms with van der Waals surface area (Å²) in [6.07, 6.45) is 0.792. The maximum atomic E-state index is 10.5. The summed E-state index contributed by atoms with van der Waals surface area (Å²) in [5.41, 5.74) is 7.21. The summed E-state index contributed by atoms with van der Waals surface area (Å²) in [6, 6.07) is 21.2. The Balaban J connectivity index is 1.50. The zero-order valence-corrected chi connectivity index (χ0v) is 23.2. The molecule has 0 bridgehead atoms. The van der Waals surface area contributed by atoms with E-state index in [9.17, 15) is 10.5 Å². The minimum Gasteiger partial charge on any atom is -0.437 e. The molecule has 1 aromatic heterocycles. The summed E-state index contributed by atoms with van der Waals surface area (Å²) in [6.45, 7) is 10.9. The molecule has 1 saturated heterocycles. The van der Waals surface area contributed by atoms with E-state index in [-0.39, 0.29) is 0 Å². The molecular weight excluding hydrogens is 496 g/mol. The lowest BCUT2D eigenvalue weighted by Crippen LogP contribution is -2.45. The molecule has 0 radical (unpaired) electrons. The molecule has 3 heterocycles. The Hall–Kier alpha value is -4.59. The molecule has 0 unspecified atom stereocenters. The molecule has 7 nitrogen and oxygen atoms in total. The summed E-state index contributed by atoms with van der Waals surface area (Å²) in [5, 5.41) is 26.0. The number of benzene rings is 3. The zero-order chi connectivity index (χ0) is 27.8. The van der Waals surface area contributed by atoms with Gasteiger partial charge in [0, 0.05) is 67.0 Å². The van der Waals surface area contributed by atoms with E-state index in [0.717, 1.165) is 67.2 Å². The van der Waals surface area contributed by atoms with E-state index in [1.807, 2.05) is 19.9 Å². The van der Waals surface area contributed by atoms with Crippen molar-refractivity contribution in [1.29, 1.82) is 10.5 Å². The SMILES string of the molecule is Cc1ccc(C#N)c(C)c1Oc1nc(N2CCNCC2)c2c(c1C#N)CN(c1cccc3cccc(C)c13)CC2. The van der Waals surface area contributed by atoms with Gasteiger partial charge in [-0.05, 0) is 55.8 Å². The quantitative estimate of drug-likeness (QED) is 0.365. The van der Waals surface area contributed by atoms with Crippen molar-refractivity contribution in [1.82, 2.24) is 10.3 Å². The summed E-state index contributed by atoms with van der Waals surface area (Å²) in [4.78, 5) is 9.72. The standard InChI is InChI=1S/C33H32N6O/c1-21-6-4-7-24-8-5-9-29(30(21)24)39-15-12-26-28(20-39)27(19-35)33(37-32(26)38-16-13-36-14-17-38)40-31-22(2)10-11-25(18-34)23(31)3/h4-11,36H,12-17,20H2,1-3H3. The van der Waals surface area contributed by atoms with Crippen LogP contribution in [0.2, 0.25) is 0 Å². The lowest BCUT2D eigenvalue weighted by Gasteiger charge is -2.36. The second kappa shape index (κ2) is 10.5. The van der Waals surface area contributed by atoms with Gasteiger partial charge in [-0.15, -0.1) is 0 Å². The van der Waals surface area contributed by atoms with Crippen LogP contribution in [0.4, 0.5) is 11.5 Å². The lowest BCUT2D eigenvalue weighted by atomic mass is 9.94. The van der Waals surface area contributed by atoms with Gasteiger partial charge >= 0.3 is 0 Å². The maximum Gasteiger partial charge on any atom is 0.239 e. The van der Waals surface area contributed by atoms with E-state index < -0.39 is 0 Å². The Morgan fingerprint density at radius 1 is 0.850 bits per heavy atom. The van der Waals surface area contributed by atoms with E-state index in [4.69, 9.17) is 9.72 Å². The molecule has 2 aliphatic heterocycles.